The van der Waals surface area contributed by atoms with Crippen molar-refractivity contribution in [3.63, 3.8) is 0 Å². The van der Waals surface area contributed by atoms with Crippen molar-refractivity contribution in [3.05, 3.63) is 0 Å². The Bertz CT molecular complexity index is 454. The zero-order valence-electron chi connectivity index (χ0n) is 11.4. The number of alkyl halides is 3. The van der Waals surface area contributed by atoms with Crippen molar-refractivity contribution < 1.29 is 17.9 Å². The number of rotatable bonds is 4. The molecule has 1 fully saturated rings. The van der Waals surface area contributed by atoms with Gasteiger partial charge in [0, 0.05) is 26.2 Å². The van der Waals surface area contributed by atoms with Gasteiger partial charge in [0.15, 0.2) is 0 Å². The van der Waals surface area contributed by atoms with Crippen LogP contribution in [0.2, 0.25) is 0 Å². The summed E-state index contributed by atoms with van der Waals surface area (Å²) in [5, 5.41) is 0. The maximum atomic E-state index is 12.3. The van der Waals surface area contributed by atoms with E-state index in [-0.39, 0.29) is 25.0 Å². The second-order valence-corrected chi connectivity index (χ2v) is 4.47. The molecule has 0 saturated carbocycles. The standard InChI is InChI=1S/C10H16F3N7O/c1-21-9-16-7(18-14)15-8(17-9)20-4-2-19(3-5-20)6-10(11,12)13/h2-6,14H2,1H3,(H,15,16,17,18). The summed E-state index contributed by atoms with van der Waals surface area (Å²) in [4.78, 5) is 15.1. The topological polar surface area (TPSA) is 92.4 Å². The Kier molecular flexibility index (Phi) is 4.63. The van der Waals surface area contributed by atoms with Gasteiger partial charge in [0.1, 0.15) is 0 Å². The largest absolute Gasteiger partial charge is 0.467 e. The van der Waals surface area contributed by atoms with E-state index in [1.54, 1.807) is 4.90 Å². The third-order valence-corrected chi connectivity index (χ3v) is 2.97. The predicted octanol–water partition coefficient (Wildman–Crippen LogP) is -0.150. The van der Waals surface area contributed by atoms with Gasteiger partial charge in [-0.1, -0.05) is 0 Å². The second-order valence-electron chi connectivity index (χ2n) is 4.47. The molecule has 1 saturated heterocycles. The lowest BCUT2D eigenvalue weighted by molar-refractivity contribution is -0.146. The number of halogens is 3. The molecule has 2 rings (SSSR count). The van der Waals surface area contributed by atoms with Crippen LogP contribution in [0.5, 0.6) is 6.01 Å². The smallest absolute Gasteiger partial charge is 0.401 e. The van der Waals surface area contributed by atoms with Gasteiger partial charge in [-0.3, -0.25) is 10.3 Å². The van der Waals surface area contributed by atoms with Gasteiger partial charge in [0.25, 0.3) is 0 Å². The van der Waals surface area contributed by atoms with E-state index in [4.69, 9.17) is 10.6 Å². The van der Waals surface area contributed by atoms with Crippen LogP contribution in [-0.2, 0) is 0 Å². The van der Waals surface area contributed by atoms with Crippen LogP contribution in [0.4, 0.5) is 25.1 Å². The Labute approximate surface area is 119 Å². The zero-order chi connectivity index (χ0) is 15.5. The lowest BCUT2D eigenvalue weighted by atomic mass is 10.3. The van der Waals surface area contributed by atoms with E-state index in [9.17, 15) is 13.2 Å². The number of piperazine rings is 1. The third-order valence-electron chi connectivity index (χ3n) is 2.97. The molecular weight excluding hydrogens is 291 g/mol. The van der Waals surface area contributed by atoms with E-state index < -0.39 is 12.7 Å². The summed E-state index contributed by atoms with van der Waals surface area (Å²) in [6, 6.07) is 0.0886. The van der Waals surface area contributed by atoms with Gasteiger partial charge < -0.3 is 9.64 Å². The molecule has 0 spiro atoms. The Morgan fingerprint density at radius 1 is 1.19 bits per heavy atom. The van der Waals surface area contributed by atoms with Crippen LogP contribution < -0.4 is 20.9 Å². The molecule has 11 heteroatoms. The predicted molar refractivity (Wildman–Crippen MR) is 68.9 cm³/mol. The number of nitrogen functional groups attached to an aromatic ring is 1. The molecule has 118 valence electrons. The molecule has 1 aromatic rings. The number of nitrogens with one attached hydrogen (secondary N) is 1. The van der Waals surface area contributed by atoms with Gasteiger partial charge >= 0.3 is 12.2 Å². The van der Waals surface area contributed by atoms with Gasteiger partial charge in [-0.05, 0) is 0 Å². The molecule has 0 aliphatic carbocycles. The van der Waals surface area contributed by atoms with Crippen LogP contribution in [-0.4, -0.2) is 65.9 Å². The van der Waals surface area contributed by atoms with Crippen LogP contribution in [0.15, 0.2) is 0 Å². The highest BCUT2D eigenvalue weighted by atomic mass is 19.4. The number of nitrogens with zero attached hydrogens (tertiary/aromatic N) is 5. The molecule has 1 aromatic heterocycles. The van der Waals surface area contributed by atoms with Crippen molar-refractivity contribution in [1.29, 1.82) is 0 Å². The van der Waals surface area contributed by atoms with E-state index >= 15 is 0 Å². The number of aromatic nitrogens is 3. The molecule has 0 radical (unpaired) electrons. The molecule has 0 aromatic carbocycles. The maximum absolute atomic E-state index is 12.3. The molecule has 1 aliphatic rings. The number of hydrogen-bond donors (Lipinski definition) is 2. The third kappa shape index (κ3) is 4.29. The summed E-state index contributed by atoms with van der Waals surface area (Å²) in [6.07, 6.45) is -4.19. The Balaban J connectivity index is 2.02. The molecule has 1 aliphatic heterocycles. The number of hydrogen-bond acceptors (Lipinski definition) is 8. The minimum Gasteiger partial charge on any atom is -0.467 e. The zero-order valence-corrected chi connectivity index (χ0v) is 11.4. The van der Waals surface area contributed by atoms with Crippen molar-refractivity contribution >= 4 is 11.9 Å². The molecule has 21 heavy (non-hydrogen) atoms. The summed E-state index contributed by atoms with van der Waals surface area (Å²) in [6.45, 7) is 0.412. The Morgan fingerprint density at radius 3 is 2.38 bits per heavy atom. The first-order chi connectivity index (χ1) is 9.91. The fourth-order valence-electron chi connectivity index (χ4n) is 2.00. The summed E-state index contributed by atoms with van der Waals surface area (Å²) >= 11 is 0. The fourth-order valence-corrected chi connectivity index (χ4v) is 2.00. The van der Waals surface area contributed by atoms with Gasteiger partial charge in [-0.15, -0.1) is 0 Å². The number of hydrazine groups is 1. The highest BCUT2D eigenvalue weighted by molar-refractivity contribution is 5.38. The van der Waals surface area contributed by atoms with Gasteiger partial charge in [-0.2, -0.15) is 28.1 Å². The molecule has 2 heterocycles. The van der Waals surface area contributed by atoms with Crippen LogP contribution in [0.25, 0.3) is 0 Å². The lowest BCUT2D eigenvalue weighted by Crippen LogP contribution is -2.49. The van der Waals surface area contributed by atoms with Gasteiger partial charge in [0.05, 0.1) is 13.7 Å². The summed E-state index contributed by atoms with van der Waals surface area (Å²) in [7, 11) is 1.40. The van der Waals surface area contributed by atoms with Crippen molar-refractivity contribution in [1.82, 2.24) is 19.9 Å². The van der Waals surface area contributed by atoms with Crippen molar-refractivity contribution in [2.24, 2.45) is 5.84 Å². The minimum atomic E-state index is -4.19. The van der Waals surface area contributed by atoms with E-state index in [2.05, 4.69) is 20.4 Å². The van der Waals surface area contributed by atoms with E-state index in [1.165, 1.54) is 12.0 Å². The van der Waals surface area contributed by atoms with Crippen molar-refractivity contribution in [2.75, 3.05) is 50.2 Å². The van der Waals surface area contributed by atoms with Gasteiger partial charge in [-0.25, -0.2) is 5.84 Å². The second kappa shape index (κ2) is 6.26. The minimum absolute atomic E-state index is 0.0886. The van der Waals surface area contributed by atoms with Crippen molar-refractivity contribution in [3.8, 4) is 6.01 Å². The molecule has 8 nitrogen and oxygen atoms in total. The van der Waals surface area contributed by atoms with Crippen molar-refractivity contribution in [2.45, 2.75) is 6.18 Å². The van der Waals surface area contributed by atoms with Crippen LogP contribution >= 0.6 is 0 Å². The number of anilines is 2. The maximum Gasteiger partial charge on any atom is 0.401 e. The first-order valence-corrected chi connectivity index (χ1v) is 6.22. The molecule has 3 N–H and O–H groups in total. The summed E-state index contributed by atoms with van der Waals surface area (Å²) in [5.41, 5.74) is 2.29. The highest BCUT2D eigenvalue weighted by Gasteiger charge is 2.32. The van der Waals surface area contributed by atoms with Crippen LogP contribution in [0.1, 0.15) is 0 Å². The number of ether oxygens (including phenoxy) is 1. The monoisotopic (exact) mass is 307 g/mol. The van der Waals surface area contributed by atoms with E-state index in [0.29, 0.717) is 19.0 Å². The van der Waals surface area contributed by atoms with E-state index in [0.717, 1.165) is 0 Å². The average Bonchev–Trinajstić information content (AvgIpc) is 2.45. The van der Waals surface area contributed by atoms with Gasteiger partial charge in [0.2, 0.25) is 11.9 Å². The Hall–Kier alpha value is -1.88. The average molecular weight is 307 g/mol. The Morgan fingerprint density at radius 2 is 1.86 bits per heavy atom. The number of nitrogens with two attached hydrogens (primary N) is 1. The quantitative estimate of drug-likeness (QED) is 0.586. The first kappa shape index (κ1) is 15.5. The van der Waals surface area contributed by atoms with E-state index in [1.807, 2.05) is 0 Å². The lowest BCUT2D eigenvalue weighted by Gasteiger charge is -2.34. The van der Waals surface area contributed by atoms with Crippen LogP contribution in [0.3, 0.4) is 0 Å². The number of methoxy groups -OCH3 is 1. The molecule has 0 bridgehead atoms. The molecule has 0 atom stereocenters. The SMILES string of the molecule is COc1nc(NN)nc(N2CCN(CC(F)(F)F)CC2)n1. The normalized spacial score (nSPS) is 16.9. The first-order valence-electron chi connectivity index (χ1n) is 6.22. The highest BCUT2D eigenvalue weighted by Crippen LogP contribution is 2.20. The molecular formula is C10H16F3N7O. The summed E-state index contributed by atoms with van der Waals surface area (Å²) < 4.78 is 41.9. The molecule has 0 unspecified atom stereocenters. The summed E-state index contributed by atoms with van der Waals surface area (Å²) in [5.74, 6) is 5.71. The fraction of sp³-hybridized carbons (Fsp3) is 0.700. The molecule has 0 amide bonds. The van der Waals surface area contributed by atoms with Crippen LogP contribution in [0, 0.1) is 0 Å².